The molecule has 3 rings (SSSR count). The van der Waals surface area contributed by atoms with Crippen molar-refractivity contribution in [2.24, 2.45) is 0 Å². The number of halogens is 1. The van der Waals surface area contributed by atoms with Crippen LogP contribution in [0.15, 0.2) is 29.0 Å². The first-order valence-corrected chi connectivity index (χ1v) is 7.79. The monoisotopic (exact) mass is 348 g/mol. The van der Waals surface area contributed by atoms with E-state index in [-0.39, 0.29) is 0 Å². The molecule has 0 saturated heterocycles. The Kier molecular flexibility index (Phi) is 4.24. The number of nitrogens with zero attached hydrogens (tertiary/aromatic N) is 2. The van der Waals surface area contributed by atoms with E-state index in [1.807, 2.05) is 6.92 Å². The van der Waals surface area contributed by atoms with Crippen molar-refractivity contribution < 1.29 is 4.74 Å². The van der Waals surface area contributed by atoms with Gasteiger partial charge in [0.1, 0.15) is 17.4 Å². The average Bonchev–Trinajstić information content (AvgIpc) is 2.93. The summed E-state index contributed by atoms with van der Waals surface area (Å²) < 4.78 is 6.81. The van der Waals surface area contributed by atoms with Crippen molar-refractivity contribution in [1.82, 2.24) is 9.97 Å². The van der Waals surface area contributed by atoms with Crippen molar-refractivity contribution in [3.63, 3.8) is 0 Å². The minimum Gasteiger partial charge on any atom is -0.493 e. The summed E-state index contributed by atoms with van der Waals surface area (Å²) in [5, 5.41) is 6.45. The van der Waals surface area contributed by atoms with Gasteiger partial charge in [-0.3, -0.25) is 4.98 Å². The minimum atomic E-state index is 0.659. The van der Waals surface area contributed by atoms with Gasteiger partial charge in [-0.15, -0.1) is 0 Å². The fourth-order valence-electron chi connectivity index (χ4n) is 2.38. The normalized spacial score (nSPS) is 12.7. The molecule has 0 fully saturated rings. The molecule has 2 N–H and O–H groups in total. The third-order valence-electron chi connectivity index (χ3n) is 3.28. The number of ether oxygens (including phenoxy) is 1. The van der Waals surface area contributed by atoms with E-state index in [4.69, 9.17) is 4.74 Å². The Hall–Kier alpha value is -1.82. The molecular weight excluding hydrogens is 332 g/mol. The predicted octanol–water partition coefficient (Wildman–Crippen LogP) is 3.22. The van der Waals surface area contributed by atoms with Crippen LogP contribution in [0.3, 0.4) is 0 Å². The summed E-state index contributed by atoms with van der Waals surface area (Å²) in [5.41, 5.74) is 2.39. The first kappa shape index (κ1) is 14.1. The standard InChI is InChI=1S/C15H17BrN4O/c1-2-18-13-8-17-9-14(20-13)19-7-11-6-12(16)5-10-3-4-21-15(10)11/h5-6,8-9H,2-4,7H2,1H3,(H2,18,19,20). The van der Waals surface area contributed by atoms with Gasteiger partial charge in [-0.25, -0.2) is 4.98 Å². The number of fused-ring (bicyclic) bond motifs is 1. The Morgan fingerprint density at radius 3 is 2.86 bits per heavy atom. The summed E-state index contributed by atoms with van der Waals surface area (Å²) in [6.45, 7) is 4.27. The molecule has 0 spiro atoms. The maximum absolute atomic E-state index is 5.73. The molecule has 0 saturated carbocycles. The van der Waals surface area contributed by atoms with Crippen molar-refractivity contribution in [2.45, 2.75) is 19.9 Å². The quantitative estimate of drug-likeness (QED) is 0.868. The highest BCUT2D eigenvalue weighted by Gasteiger charge is 2.17. The SMILES string of the molecule is CCNc1cncc(NCc2cc(Br)cc3c2OCC3)n1. The Morgan fingerprint density at radius 2 is 2.05 bits per heavy atom. The van der Waals surface area contributed by atoms with Gasteiger partial charge in [0.05, 0.1) is 19.0 Å². The molecule has 0 aliphatic carbocycles. The molecule has 2 aromatic rings. The summed E-state index contributed by atoms with van der Waals surface area (Å²) in [5.74, 6) is 2.53. The van der Waals surface area contributed by atoms with Crippen molar-refractivity contribution in [3.05, 3.63) is 40.1 Å². The van der Waals surface area contributed by atoms with E-state index in [1.165, 1.54) is 5.56 Å². The Labute approximate surface area is 132 Å². The number of hydrogen-bond acceptors (Lipinski definition) is 5. The molecule has 2 heterocycles. The second kappa shape index (κ2) is 6.30. The van der Waals surface area contributed by atoms with Gasteiger partial charge in [0.2, 0.25) is 0 Å². The molecule has 1 aromatic carbocycles. The zero-order chi connectivity index (χ0) is 14.7. The highest BCUT2D eigenvalue weighted by Crippen LogP contribution is 2.33. The zero-order valence-electron chi connectivity index (χ0n) is 11.8. The number of anilines is 2. The summed E-state index contributed by atoms with van der Waals surface area (Å²) in [4.78, 5) is 8.63. The fourth-order valence-corrected chi connectivity index (χ4v) is 2.93. The largest absolute Gasteiger partial charge is 0.493 e. The van der Waals surface area contributed by atoms with Crippen LogP contribution in [0.4, 0.5) is 11.6 Å². The highest BCUT2D eigenvalue weighted by atomic mass is 79.9. The van der Waals surface area contributed by atoms with Crippen molar-refractivity contribution >= 4 is 27.6 Å². The molecule has 110 valence electrons. The van der Waals surface area contributed by atoms with Crippen molar-refractivity contribution in [2.75, 3.05) is 23.8 Å². The molecule has 0 atom stereocenters. The number of nitrogens with one attached hydrogen (secondary N) is 2. The lowest BCUT2D eigenvalue weighted by Gasteiger charge is -2.11. The number of rotatable bonds is 5. The lowest BCUT2D eigenvalue weighted by molar-refractivity contribution is 0.354. The number of hydrogen-bond donors (Lipinski definition) is 2. The summed E-state index contributed by atoms with van der Waals surface area (Å²) in [7, 11) is 0. The molecule has 0 bridgehead atoms. The highest BCUT2D eigenvalue weighted by molar-refractivity contribution is 9.10. The Balaban J connectivity index is 1.75. The molecule has 0 unspecified atom stereocenters. The molecule has 1 aliphatic rings. The van der Waals surface area contributed by atoms with Crippen LogP contribution in [0, 0.1) is 0 Å². The van der Waals surface area contributed by atoms with Crippen LogP contribution in [0.5, 0.6) is 5.75 Å². The number of aromatic nitrogens is 2. The molecular formula is C15H17BrN4O. The molecule has 6 heteroatoms. The van der Waals surface area contributed by atoms with Gasteiger partial charge in [0.15, 0.2) is 0 Å². The summed E-state index contributed by atoms with van der Waals surface area (Å²) in [6.07, 6.45) is 4.41. The summed E-state index contributed by atoms with van der Waals surface area (Å²) >= 11 is 3.55. The van der Waals surface area contributed by atoms with Crippen LogP contribution >= 0.6 is 15.9 Å². The second-order valence-electron chi connectivity index (χ2n) is 4.83. The zero-order valence-corrected chi connectivity index (χ0v) is 13.4. The lowest BCUT2D eigenvalue weighted by atomic mass is 10.1. The second-order valence-corrected chi connectivity index (χ2v) is 5.74. The van der Waals surface area contributed by atoms with E-state index in [0.717, 1.165) is 47.0 Å². The van der Waals surface area contributed by atoms with Gasteiger partial charge >= 0.3 is 0 Å². The van der Waals surface area contributed by atoms with Crippen LogP contribution in [0.25, 0.3) is 0 Å². The van der Waals surface area contributed by atoms with E-state index in [1.54, 1.807) is 12.4 Å². The van der Waals surface area contributed by atoms with E-state index < -0.39 is 0 Å². The predicted molar refractivity (Wildman–Crippen MR) is 86.9 cm³/mol. The van der Waals surface area contributed by atoms with E-state index in [0.29, 0.717) is 6.54 Å². The minimum absolute atomic E-state index is 0.659. The van der Waals surface area contributed by atoms with Crippen LogP contribution in [0.2, 0.25) is 0 Å². The van der Waals surface area contributed by atoms with Crippen LogP contribution < -0.4 is 15.4 Å². The van der Waals surface area contributed by atoms with E-state index in [2.05, 4.69) is 48.7 Å². The summed E-state index contributed by atoms with van der Waals surface area (Å²) in [6, 6.07) is 4.20. The van der Waals surface area contributed by atoms with E-state index >= 15 is 0 Å². The molecule has 0 radical (unpaired) electrons. The molecule has 21 heavy (non-hydrogen) atoms. The van der Waals surface area contributed by atoms with Gasteiger partial charge in [-0.05, 0) is 24.6 Å². The van der Waals surface area contributed by atoms with Gasteiger partial charge in [-0.2, -0.15) is 0 Å². The Morgan fingerprint density at radius 1 is 1.24 bits per heavy atom. The van der Waals surface area contributed by atoms with Gasteiger partial charge < -0.3 is 15.4 Å². The lowest BCUT2D eigenvalue weighted by Crippen LogP contribution is -2.06. The van der Waals surface area contributed by atoms with Gasteiger partial charge in [0, 0.05) is 29.5 Å². The average molecular weight is 349 g/mol. The molecule has 1 aromatic heterocycles. The Bertz CT molecular complexity index is 648. The topological polar surface area (TPSA) is 59.1 Å². The number of benzene rings is 1. The van der Waals surface area contributed by atoms with Gasteiger partial charge in [0.25, 0.3) is 0 Å². The molecule has 1 aliphatic heterocycles. The molecule has 5 nitrogen and oxygen atoms in total. The van der Waals surface area contributed by atoms with E-state index in [9.17, 15) is 0 Å². The van der Waals surface area contributed by atoms with Crippen LogP contribution in [-0.2, 0) is 13.0 Å². The fraction of sp³-hybridized carbons (Fsp3) is 0.333. The third kappa shape index (κ3) is 3.26. The first-order chi connectivity index (χ1) is 10.3. The van der Waals surface area contributed by atoms with Crippen LogP contribution in [-0.4, -0.2) is 23.1 Å². The van der Waals surface area contributed by atoms with Crippen LogP contribution in [0.1, 0.15) is 18.1 Å². The maximum atomic E-state index is 5.73. The van der Waals surface area contributed by atoms with Crippen molar-refractivity contribution in [3.8, 4) is 5.75 Å². The van der Waals surface area contributed by atoms with Gasteiger partial charge in [-0.1, -0.05) is 15.9 Å². The maximum Gasteiger partial charge on any atom is 0.147 e. The van der Waals surface area contributed by atoms with Crippen molar-refractivity contribution in [1.29, 1.82) is 0 Å². The molecule has 0 amide bonds. The first-order valence-electron chi connectivity index (χ1n) is 7.00. The third-order valence-corrected chi connectivity index (χ3v) is 3.74. The smallest absolute Gasteiger partial charge is 0.147 e.